The number of aryl methyl sites for hydroxylation is 4. The Hall–Kier alpha value is -3.98. The Kier molecular flexibility index (Phi) is 8.37. The quantitative estimate of drug-likeness (QED) is 0.185. The zero-order chi connectivity index (χ0) is 29.1. The molecule has 6 aromatic carbocycles. The zero-order valence-electron chi connectivity index (χ0n) is 24.5. The van der Waals surface area contributed by atoms with E-state index in [0.717, 1.165) is 0 Å². The second kappa shape index (κ2) is 12.5. The SMILES string of the molecule is Cc1ccc(-c2ccc(Sc3ccc(-c4ccc(C)cc4)c(-c4ccc(C)cc4Sc4cccc(C)c4)c3)cc2)cc1. The van der Waals surface area contributed by atoms with Crippen LogP contribution in [0.5, 0.6) is 0 Å². The van der Waals surface area contributed by atoms with Gasteiger partial charge in [0.15, 0.2) is 0 Å². The third kappa shape index (κ3) is 6.57. The normalized spacial score (nSPS) is 11.0. The van der Waals surface area contributed by atoms with E-state index < -0.39 is 0 Å². The Morgan fingerprint density at radius 1 is 0.333 bits per heavy atom. The second-order valence-electron chi connectivity index (χ2n) is 11.0. The van der Waals surface area contributed by atoms with Gasteiger partial charge in [-0.3, -0.25) is 0 Å². The van der Waals surface area contributed by atoms with Crippen LogP contribution in [0.15, 0.2) is 153 Å². The Balaban J connectivity index is 1.39. The lowest BCUT2D eigenvalue weighted by Gasteiger charge is -2.17. The van der Waals surface area contributed by atoms with Gasteiger partial charge in [0.1, 0.15) is 0 Å². The molecule has 0 unspecified atom stereocenters. The highest BCUT2D eigenvalue weighted by Crippen LogP contribution is 2.43. The molecular formula is C40H34S2. The van der Waals surface area contributed by atoms with E-state index in [-0.39, 0.29) is 0 Å². The fourth-order valence-electron chi connectivity index (χ4n) is 5.13. The average molecular weight is 579 g/mol. The number of hydrogen-bond acceptors (Lipinski definition) is 2. The molecule has 0 atom stereocenters. The maximum Gasteiger partial charge on any atom is 0.0203 e. The molecule has 0 spiro atoms. The van der Waals surface area contributed by atoms with E-state index in [2.05, 4.69) is 161 Å². The first kappa shape index (κ1) is 28.2. The highest BCUT2D eigenvalue weighted by molar-refractivity contribution is 7.99. The summed E-state index contributed by atoms with van der Waals surface area (Å²) in [6.45, 7) is 8.61. The van der Waals surface area contributed by atoms with Crippen LogP contribution >= 0.6 is 23.5 Å². The molecule has 0 radical (unpaired) electrons. The first-order chi connectivity index (χ1) is 20.4. The van der Waals surface area contributed by atoms with E-state index in [1.54, 1.807) is 0 Å². The van der Waals surface area contributed by atoms with Gasteiger partial charge in [0, 0.05) is 19.6 Å². The van der Waals surface area contributed by atoms with Crippen molar-refractivity contribution in [1.82, 2.24) is 0 Å². The van der Waals surface area contributed by atoms with Crippen molar-refractivity contribution in [3.05, 3.63) is 156 Å². The average Bonchev–Trinajstić information content (AvgIpc) is 2.99. The van der Waals surface area contributed by atoms with E-state index in [4.69, 9.17) is 0 Å². The van der Waals surface area contributed by atoms with Crippen molar-refractivity contribution in [2.24, 2.45) is 0 Å². The third-order valence-corrected chi connectivity index (χ3v) is 9.52. The van der Waals surface area contributed by atoms with E-state index in [9.17, 15) is 0 Å². The molecule has 6 rings (SSSR count). The fraction of sp³-hybridized carbons (Fsp3) is 0.100. The summed E-state index contributed by atoms with van der Waals surface area (Å²) in [6.07, 6.45) is 0. The third-order valence-electron chi connectivity index (χ3n) is 7.47. The van der Waals surface area contributed by atoms with Crippen LogP contribution in [0.3, 0.4) is 0 Å². The molecule has 0 saturated heterocycles. The first-order valence-electron chi connectivity index (χ1n) is 14.3. The van der Waals surface area contributed by atoms with Gasteiger partial charge in [0.2, 0.25) is 0 Å². The molecule has 0 aromatic heterocycles. The van der Waals surface area contributed by atoms with E-state index in [1.807, 2.05) is 23.5 Å². The molecule has 6 aromatic rings. The fourth-order valence-corrected chi connectivity index (χ4v) is 7.17. The molecule has 0 bridgehead atoms. The summed E-state index contributed by atoms with van der Waals surface area (Å²) in [5.41, 5.74) is 12.6. The Labute approximate surface area is 258 Å². The topological polar surface area (TPSA) is 0 Å². The molecule has 2 heteroatoms. The van der Waals surface area contributed by atoms with Crippen molar-refractivity contribution in [1.29, 1.82) is 0 Å². The van der Waals surface area contributed by atoms with Crippen LogP contribution in [-0.4, -0.2) is 0 Å². The maximum absolute atomic E-state index is 2.37. The molecule has 0 nitrogen and oxygen atoms in total. The van der Waals surface area contributed by atoms with Crippen molar-refractivity contribution in [3.63, 3.8) is 0 Å². The van der Waals surface area contributed by atoms with Crippen molar-refractivity contribution in [2.75, 3.05) is 0 Å². The summed E-state index contributed by atoms with van der Waals surface area (Å²) in [5.74, 6) is 0. The largest absolute Gasteiger partial charge is 0.0901 e. The molecule has 0 fully saturated rings. The predicted molar refractivity (Wildman–Crippen MR) is 183 cm³/mol. The molecule has 42 heavy (non-hydrogen) atoms. The summed E-state index contributed by atoms with van der Waals surface area (Å²) >= 11 is 3.66. The molecule has 0 N–H and O–H groups in total. The van der Waals surface area contributed by atoms with Gasteiger partial charge in [-0.25, -0.2) is 0 Å². The molecule has 0 heterocycles. The van der Waals surface area contributed by atoms with Crippen molar-refractivity contribution >= 4 is 23.5 Å². The second-order valence-corrected chi connectivity index (χ2v) is 13.2. The van der Waals surface area contributed by atoms with Gasteiger partial charge in [-0.2, -0.15) is 0 Å². The monoisotopic (exact) mass is 578 g/mol. The van der Waals surface area contributed by atoms with Crippen LogP contribution in [0.25, 0.3) is 33.4 Å². The van der Waals surface area contributed by atoms with Gasteiger partial charge < -0.3 is 0 Å². The first-order valence-corrected chi connectivity index (χ1v) is 16.0. The Bertz CT molecular complexity index is 1830. The standard InChI is InChI=1S/C40H34S2/c1-27-8-13-31(14-9-27)32-17-19-34(20-18-32)41-36-21-23-37(33-15-10-28(2)11-16-33)39(26-36)38-22-12-30(4)25-40(38)42-35-7-5-6-29(3)24-35/h5-26H,1-4H3. The predicted octanol–water partition coefficient (Wildman–Crippen LogP) is 12.2. The van der Waals surface area contributed by atoms with Crippen LogP contribution in [0.2, 0.25) is 0 Å². The zero-order valence-corrected chi connectivity index (χ0v) is 26.2. The molecule has 0 amide bonds. The minimum absolute atomic E-state index is 1.23. The van der Waals surface area contributed by atoms with Crippen LogP contribution in [0.1, 0.15) is 22.3 Å². The van der Waals surface area contributed by atoms with Gasteiger partial charge in [0.05, 0.1) is 0 Å². The minimum atomic E-state index is 1.23. The summed E-state index contributed by atoms with van der Waals surface area (Å²) in [4.78, 5) is 5.01. The van der Waals surface area contributed by atoms with Crippen LogP contribution < -0.4 is 0 Å². The summed E-state index contributed by atoms with van der Waals surface area (Å²) in [6, 6.07) is 49.1. The van der Waals surface area contributed by atoms with Crippen molar-refractivity contribution in [3.8, 4) is 33.4 Å². The highest BCUT2D eigenvalue weighted by Gasteiger charge is 2.15. The van der Waals surface area contributed by atoms with Gasteiger partial charge in [-0.1, -0.05) is 131 Å². The number of hydrogen-bond donors (Lipinski definition) is 0. The minimum Gasteiger partial charge on any atom is -0.0901 e. The molecule has 0 aliphatic rings. The lowest BCUT2D eigenvalue weighted by molar-refractivity contribution is 1.32. The number of benzene rings is 6. The van der Waals surface area contributed by atoms with Crippen LogP contribution in [0.4, 0.5) is 0 Å². The summed E-state index contributed by atoms with van der Waals surface area (Å²) in [7, 11) is 0. The van der Waals surface area contributed by atoms with Crippen molar-refractivity contribution < 1.29 is 0 Å². The Morgan fingerprint density at radius 3 is 1.52 bits per heavy atom. The molecular weight excluding hydrogens is 545 g/mol. The van der Waals surface area contributed by atoms with Crippen LogP contribution in [-0.2, 0) is 0 Å². The van der Waals surface area contributed by atoms with E-state index >= 15 is 0 Å². The van der Waals surface area contributed by atoms with Gasteiger partial charge in [-0.05, 0) is 109 Å². The smallest absolute Gasteiger partial charge is 0.0203 e. The molecule has 206 valence electrons. The summed E-state index contributed by atoms with van der Waals surface area (Å²) < 4.78 is 0. The molecule has 0 aliphatic heterocycles. The van der Waals surface area contributed by atoms with Gasteiger partial charge in [0.25, 0.3) is 0 Å². The van der Waals surface area contributed by atoms with Crippen molar-refractivity contribution in [2.45, 2.75) is 47.3 Å². The van der Waals surface area contributed by atoms with E-state index in [0.29, 0.717) is 0 Å². The highest BCUT2D eigenvalue weighted by atomic mass is 32.2. The van der Waals surface area contributed by atoms with E-state index in [1.165, 1.54) is 75.2 Å². The molecule has 0 saturated carbocycles. The van der Waals surface area contributed by atoms with Gasteiger partial charge >= 0.3 is 0 Å². The Morgan fingerprint density at radius 2 is 0.857 bits per heavy atom. The number of rotatable bonds is 7. The van der Waals surface area contributed by atoms with Crippen LogP contribution in [0, 0.1) is 27.7 Å². The summed E-state index contributed by atoms with van der Waals surface area (Å²) in [5, 5.41) is 0. The molecule has 0 aliphatic carbocycles. The maximum atomic E-state index is 2.37. The van der Waals surface area contributed by atoms with Gasteiger partial charge in [-0.15, -0.1) is 0 Å². The lowest BCUT2D eigenvalue weighted by Crippen LogP contribution is -1.91. The lowest BCUT2D eigenvalue weighted by atomic mass is 9.93.